The first kappa shape index (κ1) is 16.8. The van der Waals surface area contributed by atoms with Gasteiger partial charge < -0.3 is 10.1 Å². The predicted octanol–water partition coefficient (Wildman–Crippen LogP) is 2.15. The molecular weight excluding hydrogens is 306 g/mol. The molecular formula is C15H21NO5S. The van der Waals surface area contributed by atoms with Gasteiger partial charge in [0.1, 0.15) is 11.7 Å². The minimum Gasteiger partial charge on any atom is -0.444 e. The molecule has 1 aromatic carbocycles. The maximum atomic E-state index is 12.0. The van der Waals surface area contributed by atoms with E-state index in [1.54, 1.807) is 20.8 Å². The van der Waals surface area contributed by atoms with Crippen LogP contribution in [0.1, 0.15) is 37.9 Å². The molecule has 1 N–H and O–H groups in total. The molecule has 0 unspecified atom stereocenters. The highest BCUT2D eigenvalue weighted by Crippen LogP contribution is 2.34. The molecule has 2 atom stereocenters. The van der Waals surface area contributed by atoms with E-state index in [0.717, 1.165) is 17.4 Å². The summed E-state index contributed by atoms with van der Waals surface area (Å²) in [4.78, 5) is 12.0. The zero-order valence-corrected chi connectivity index (χ0v) is 13.9. The van der Waals surface area contributed by atoms with Crippen molar-refractivity contribution in [3.05, 3.63) is 35.4 Å². The molecule has 0 bridgehead atoms. The third-order valence-corrected chi connectivity index (χ3v) is 3.75. The van der Waals surface area contributed by atoms with Gasteiger partial charge in [0, 0.05) is 6.42 Å². The highest BCUT2D eigenvalue weighted by atomic mass is 32.2. The molecule has 1 aromatic rings. The molecule has 0 saturated carbocycles. The lowest BCUT2D eigenvalue weighted by Gasteiger charge is -2.24. The molecule has 0 heterocycles. The lowest BCUT2D eigenvalue weighted by molar-refractivity contribution is 0.0458. The van der Waals surface area contributed by atoms with Crippen molar-refractivity contribution in [2.75, 3.05) is 6.26 Å². The normalized spacial score (nSPS) is 21.3. The molecule has 2 rings (SSSR count). The van der Waals surface area contributed by atoms with Crippen molar-refractivity contribution >= 4 is 16.2 Å². The number of fused-ring (bicyclic) bond motifs is 1. The van der Waals surface area contributed by atoms with E-state index in [0.29, 0.717) is 6.42 Å². The minimum atomic E-state index is -3.62. The number of carbonyl (C=O) groups excluding carboxylic acids is 1. The van der Waals surface area contributed by atoms with Gasteiger partial charge in [-0.3, -0.25) is 4.18 Å². The quantitative estimate of drug-likeness (QED) is 0.860. The molecule has 6 nitrogen and oxygen atoms in total. The number of alkyl carbamates (subject to hydrolysis) is 1. The fraction of sp³-hybridized carbons (Fsp3) is 0.533. The molecule has 1 aliphatic rings. The van der Waals surface area contributed by atoms with E-state index in [-0.39, 0.29) is 0 Å². The van der Waals surface area contributed by atoms with Gasteiger partial charge >= 0.3 is 6.09 Å². The van der Waals surface area contributed by atoms with Crippen LogP contribution in [0.2, 0.25) is 0 Å². The monoisotopic (exact) mass is 327 g/mol. The molecule has 0 saturated heterocycles. The van der Waals surface area contributed by atoms with E-state index in [4.69, 9.17) is 8.92 Å². The van der Waals surface area contributed by atoms with E-state index in [1.165, 1.54) is 0 Å². The Bertz CT molecular complexity index is 663. The van der Waals surface area contributed by atoms with E-state index in [9.17, 15) is 13.2 Å². The fourth-order valence-corrected chi connectivity index (χ4v) is 3.11. The lowest BCUT2D eigenvalue weighted by atomic mass is 10.1. The first-order valence-corrected chi connectivity index (χ1v) is 8.82. The number of benzene rings is 1. The second-order valence-electron chi connectivity index (χ2n) is 6.37. The molecule has 7 heteroatoms. The van der Waals surface area contributed by atoms with Gasteiger partial charge in [-0.1, -0.05) is 24.3 Å². The summed E-state index contributed by atoms with van der Waals surface area (Å²) >= 11 is 0. The largest absolute Gasteiger partial charge is 0.444 e. The third-order valence-electron chi connectivity index (χ3n) is 3.15. The van der Waals surface area contributed by atoms with Gasteiger partial charge in [0.15, 0.2) is 0 Å². The van der Waals surface area contributed by atoms with Crippen molar-refractivity contribution in [3.8, 4) is 0 Å². The van der Waals surface area contributed by atoms with Crippen LogP contribution in [0.15, 0.2) is 24.3 Å². The van der Waals surface area contributed by atoms with E-state index in [1.807, 2.05) is 24.3 Å². The number of hydrogen-bond acceptors (Lipinski definition) is 5. The molecule has 1 amide bonds. The van der Waals surface area contributed by atoms with E-state index >= 15 is 0 Å². The fourth-order valence-electron chi connectivity index (χ4n) is 2.48. The van der Waals surface area contributed by atoms with Gasteiger partial charge in [0.05, 0.1) is 12.3 Å². The van der Waals surface area contributed by atoms with Crippen LogP contribution in [0.3, 0.4) is 0 Å². The van der Waals surface area contributed by atoms with Crippen LogP contribution in [0, 0.1) is 0 Å². The summed E-state index contributed by atoms with van der Waals surface area (Å²) in [7, 11) is -3.62. The Hall–Kier alpha value is -1.60. The average molecular weight is 327 g/mol. The Morgan fingerprint density at radius 2 is 1.91 bits per heavy atom. The van der Waals surface area contributed by atoms with Crippen molar-refractivity contribution in [1.29, 1.82) is 0 Å². The number of nitrogens with one attached hydrogen (secondary N) is 1. The summed E-state index contributed by atoms with van der Waals surface area (Å²) in [6.07, 6.45) is 0.153. The summed E-state index contributed by atoms with van der Waals surface area (Å²) in [5.41, 5.74) is 1.18. The number of carbonyl (C=O) groups is 1. The van der Waals surface area contributed by atoms with Gasteiger partial charge in [-0.2, -0.15) is 8.42 Å². The van der Waals surface area contributed by atoms with Crippen LogP contribution < -0.4 is 5.32 Å². The van der Waals surface area contributed by atoms with Crippen molar-refractivity contribution in [2.24, 2.45) is 0 Å². The Morgan fingerprint density at radius 3 is 2.50 bits per heavy atom. The third kappa shape index (κ3) is 4.45. The first-order valence-electron chi connectivity index (χ1n) is 7.01. The summed E-state index contributed by atoms with van der Waals surface area (Å²) in [5.74, 6) is 0. The number of ether oxygens (including phenoxy) is 1. The Morgan fingerprint density at radius 1 is 1.27 bits per heavy atom. The van der Waals surface area contributed by atoms with E-state index < -0.39 is 34.0 Å². The Labute approximate surface area is 130 Å². The Balaban J connectivity index is 2.21. The van der Waals surface area contributed by atoms with E-state index in [2.05, 4.69) is 5.32 Å². The topological polar surface area (TPSA) is 81.7 Å². The first-order chi connectivity index (χ1) is 10.1. The molecule has 0 aliphatic heterocycles. The SMILES string of the molecule is CC(C)(C)OC(=O)N[C@H]1c2ccccc2C[C@H]1OS(C)(=O)=O. The van der Waals surface area contributed by atoms with Crippen molar-refractivity contribution in [2.45, 2.75) is 44.9 Å². The minimum absolute atomic E-state index is 0.420. The van der Waals surface area contributed by atoms with Crippen molar-refractivity contribution in [1.82, 2.24) is 5.32 Å². The van der Waals surface area contributed by atoms with Crippen LogP contribution in [0.5, 0.6) is 0 Å². The highest BCUT2D eigenvalue weighted by Gasteiger charge is 2.37. The van der Waals surface area contributed by atoms with Crippen molar-refractivity contribution < 1.29 is 22.1 Å². The van der Waals surface area contributed by atoms with Crippen LogP contribution in [-0.2, 0) is 25.5 Å². The molecule has 0 aromatic heterocycles. The second kappa shape index (κ2) is 5.89. The molecule has 0 radical (unpaired) electrons. The van der Waals surface area contributed by atoms with Gasteiger partial charge in [-0.15, -0.1) is 0 Å². The number of rotatable bonds is 3. The molecule has 122 valence electrons. The second-order valence-corrected chi connectivity index (χ2v) is 7.97. The van der Waals surface area contributed by atoms with Gasteiger partial charge in [-0.25, -0.2) is 4.79 Å². The molecule has 0 spiro atoms. The summed E-state index contributed by atoms with van der Waals surface area (Å²) < 4.78 is 33.2. The number of amides is 1. The van der Waals surface area contributed by atoms with Gasteiger partial charge in [0.2, 0.25) is 0 Å². The maximum absolute atomic E-state index is 12.0. The summed E-state index contributed by atoms with van der Waals surface area (Å²) in [6, 6.07) is 6.89. The number of hydrogen-bond donors (Lipinski definition) is 1. The Kier molecular flexibility index (Phi) is 4.49. The van der Waals surface area contributed by atoms with Crippen LogP contribution >= 0.6 is 0 Å². The predicted molar refractivity (Wildman–Crippen MR) is 82.0 cm³/mol. The van der Waals surface area contributed by atoms with Crippen LogP contribution in [0.4, 0.5) is 4.79 Å². The summed E-state index contributed by atoms with van der Waals surface area (Å²) in [5, 5.41) is 2.71. The zero-order chi connectivity index (χ0) is 16.5. The average Bonchev–Trinajstić information content (AvgIpc) is 2.63. The smallest absolute Gasteiger partial charge is 0.408 e. The molecule has 22 heavy (non-hydrogen) atoms. The summed E-state index contributed by atoms with van der Waals surface area (Å²) in [6.45, 7) is 5.29. The standard InChI is InChI=1S/C15H21NO5S/c1-15(2,3)20-14(17)16-13-11-8-6-5-7-10(11)9-12(13)21-22(4,18)19/h5-8,12-13H,9H2,1-4H3,(H,16,17)/t12-,13+/m1/s1. The zero-order valence-electron chi connectivity index (χ0n) is 13.1. The molecule has 0 fully saturated rings. The highest BCUT2D eigenvalue weighted by molar-refractivity contribution is 7.86. The lowest BCUT2D eigenvalue weighted by Crippen LogP contribution is -2.39. The van der Waals surface area contributed by atoms with Crippen molar-refractivity contribution in [3.63, 3.8) is 0 Å². The molecule has 1 aliphatic carbocycles. The van der Waals surface area contributed by atoms with Gasteiger partial charge in [-0.05, 0) is 31.9 Å². The van der Waals surface area contributed by atoms with Crippen LogP contribution in [0.25, 0.3) is 0 Å². The van der Waals surface area contributed by atoms with Gasteiger partial charge in [0.25, 0.3) is 10.1 Å². The van der Waals surface area contributed by atoms with Crippen LogP contribution in [-0.4, -0.2) is 32.5 Å². The maximum Gasteiger partial charge on any atom is 0.408 e.